The molecule has 21 heavy (non-hydrogen) atoms. The predicted octanol–water partition coefficient (Wildman–Crippen LogP) is 3.36. The normalized spacial score (nSPS) is 12.0. The third kappa shape index (κ3) is 3.51. The Morgan fingerprint density at radius 3 is 2.62 bits per heavy atom. The molecule has 1 aromatic carbocycles. The molecule has 1 aromatic heterocycles. The van der Waals surface area contributed by atoms with Crippen LogP contribution in [-0.2, 0) is 0 Å². The van der Waals surface area contributed by atoms with E-state index in [-0.39, 0.29) is 5.75 Å². The molecule has 7 heteroatoms. The highest BCUT2D eigenvalue weighted by Crippen LogP contribution is 2.26. The summed E-state index contributed by atoms with van der Waals surface area (Å²) < 4.78 is 18.8. The molecule has 6 nitrogen and oxygen atoms in total. The van der Waals surface area contributed by atoms with Gasteiger partial charge in [-0.2, -0.15) is 4.39 Å². The van der Waals surface area contributed by atoms with E-state index in [9.17, 15) is 19.6 Å². The van der Waals surface area contributed by atoms with Crippen molar-refractivity contribution in [2.45, 2.75) is 19.4 Å². The number of aliphatic hydroxyl groups excluding tert-OH is 1. The zero-order chi connectivity index (χ0) is 15.4. The predicted molar refractivity (Wildman–Crippen MR) is 72.6 cm³/mol. The van der Waals surface area contributed by atoms with Crippen LogP contribution in [-0.4, -0.2) is 15.0 Å². The van der Waals surface area contributed by atoms with Crippen LogP contribution < -0.4 is 4.74 Å². The summed E-state index contributed by atoms with van der Waals surface area (Å²) in [5.74, 6) is -0.498. The topological polar surface area (TPSA) is 85.5 Å². The van der Waals surface area contributed by atoms with Crippen LogP contribution >= 0.6 is 0 Å². The lowest BCUT2D eigenvalue weighted by molar-refractivity contribution is -0.387. The maximum atomic E-state index is 13.4. The van der Waals surface area contributed by atoms with Crippen molar-refractivity contribution < 1.29 is 19.2 Å². The lowest BCUT2D eigenvalue weighted by atomic mass is 10.2. The van der Waals surface area contributed by atoms with E-state index in [0.29, 0.717) is 17.9 Å². The lowest BCUT2D eigenvalue weighted by Gasteiger charge is -2.09. The molecule has 0 radical (unpaired) electrons. The van der Waals surface area contributed by atoms with E-state index in [1.54, 1.807) is 12.1 Å². The molecule has 2 rings (SSSR count). The number of benzene rings is 1. The Morgan fingerprint density at radius 2 is 2.10 bits per heavy atom. The van der Waals surface area contributed by atoms with Crippen molar-refractivity contribution in [3.8, 4) is 11.5 Å². The molecule has 0 aliphatic rings. The maximum absolute atomic E-state index is 13.4. The van der Waals surface area contributed by atoms with Gasteiger partial charge in [-0.05, 0) is 24.6 Å². The van der Waals surface area contributed by atoms with Gasteiger partial charge in [0, 0.05) is 12.1 Å². The molecule has 0 saturated heterocycles. The van der Waals surface area contributed by atoms with Crippen molar-refractivity contribution >= 4 is 5.69 Å². The minimum Gasteiger partial charge on any atom is -0.456 e. The number of nitro groups is 1. The smallest absolute Gasteiger partial charge is 0.305 e. The average molecular weight is 292 g/mol. The molecule has 1 atom stereocenters. The largest absolute Gasteiger partial charge is 0.456 e. The fourth-order valence-electron chi connectivity index (χ4n) is 1.69. The summed E-state index contributed by atoms with van der Waals surface area (Å²) in [7, 11) is 0. The van der Waals surface area contributed by atoms with Gasteiger partial charge >= 0.3 is 5.69 Å². The van der Waals surface area contributed by atoms with E-state index >= 15 is 0 Å². The minimum atomic E-state index is -0.969. The molecule has 0 bridgehead atoms. The van der Waals surface area contributed by atoms with Gasteiger partial charge in [0.05, 0.1) is 22.9 Å². The first-order valence-electron chi connectivity index (χ1n) is 6.27. The number of ether oxygens (including phenoxy) is 1. The summed E-state index contributed by atoms with van der Waals surface area (Å²) in [6.07, 6.45) is 1.30. The highest BCUT2D eigenvalue weighted by Gasteiger charge is 2.14. The van der Waals surface area contributed by atoms with Gasteiger partial charge in [0.1, 0.15) is 11.5 Å². The Hall–Kier alpha value is -2.54. The van der Waals surface area contributed by atoms with Crippen molar-refractivity contribution in [2.75, 3.05) is 0 Å². The van der Waals surface area contributed by atoms with Gasteiger partial charge in [-0.3, -0.25) is 15.1 Å². The fraction of sp³-hybridized carbons (Fsp3) is 0.214. The third-order valence-electron chi connectivity index (χ3n) is 2.84. The Labute approximate surface area is 120 Å². The molecule has 2 aromatic rings. The van der Waals surface area contributed by atoms with E-state index in [1.165, 1.54) is 12.3 Å². The summed E-state index contributed by atoms with van der Waals surface area (Å²) in [6.45, 7) is 1.83. The van der Waals surface area contributed by atoms with E-state index in [4.69, 9.17) is 4.74 Å². The number of hydrogen-bond acceptors (Lipinski definition) is 5. The first-order valence-corrected chi connectivity index (χ1v) is 6.27. The molecule has 110 valence electrons. The summed E-state index contributed by atoms with van der Waals surface area (Å²) in [5, 5.41) is 20.1. The van der Waals surface area contributed by atoms with Gasteiger partial charge in [0.2, 0.25) is 5.82 Å². The van der Waals surface area contributed by atoms with Crippen LogP contribution in [0.3, 0.4) is 0 Å². The second-order valence-electron chi connectivity index (χ2n) is 4.32. The first kappa shape index (κ1) is 14.9. The van der Waals surface area contributed by atoms with Gasteiger partial charge < -0.3 is 9.84 Å². The monoisotopic (exact) mass is 292 g/mol. The van der Waals surface area contributed by atoms with Crippen molar-refractivity contribution in [2.24, 2.45) is 0 Å². The van der Waals surface area contributed by atoms with Crippen LogP contribution in [0.25, 0.3) is 0 Å². The number of aromatic nitrogens is 1. The molecule has 0 amide bonds. The number of nitrogens with zero attached hydrogens (tertiary/aromatic N) is 2. The number of nitro benzene ring substituents is 1. The minimum absolute atomic E-state index is 0.128. The quantitative estimate of drug-likeness (QED) is 0.674. The van der Waals surface area contributed by atoms with Crippen LogP contribution in [0.2, 0.25) is 0 Å². The highest BCUT2D eigenvalue weighted by molar-refractivity contribution is 5.39. The zero-order valence-corrected chi connectivity index (χ0v) is 11.2. The van der Waals surface area contributed by atoms with Crippen molar-refractivity contribution in [1.29, 1.82) is 0 Å². The van der Waals surface area contributed by atoms with Crippen LogP contribution in [0.15, 0.2) is 36.5 Å². The molecule has 1 N–H and O–H groups in total. The van der Waals surface area contributed by atoms with E-state index in [0.717, 1.165) is 12.1 Å². The first-order chi connectivity index (χ1) is 10.0. The van der Waals surface area contributed by atoms with Gasteiger partial charge in [-0.25, -0.2) is 0 Å². The summed E-state index contributed by atoms with van der Waals surface area (Å²) in [4.78, 5) is 13.7. The average Bonchev–Trinajstić information content (AvgIpc) is 2.47. The summed E-state index contributed by atoms with van der Waals surface area (Å²) in [5.41, 5.74) is -0.0957. The van der Waals surface area contributed by atoms with Gasteiger partial charge in [-0.15, -0.1) is 0 Å². The molecule has 0 unspecified atom stereocenters. The number of halogens is 1. The number of aliphatic hydroxyl groups is 1. The molecule has 0 fully saturated rings. The third-order valence-corrected chi connectivity index (χ3v) is 2.84. The second kappa shape index (κ2) is 6.27. The van der Waals surface area contributed by atoms with Crippen LogP contribution in [0.4, 0.5) is 10.1 Å². The van der Waals surface area contributed by atoms with Crippen molar-refractivity contribution in [3.63, 3.8) is 0 Å². The van der Waals surface area contributed by atoms with Crippen molar-refractivity contribution in [1.82, 2.24) is 4.98 Å². The summed E-state index contributed by atoms with van der Waals surface area (Å²) >= 11 is 0. The van der Waals surface area contributed by atoms with Crippen LogP contribution in [0.1, 0.15) is 25.1 Å². The Balaban J connectivity index is 2.15. The molecule has 0 aliphatic heterocycles. The van der Waals surface area contributed by atoms with Gasteiger partial charge in [0.15, 0.2) is 0 Å². The van der Waals surface area contributed by atoms with Crippen LogP contribution in [0.5, 0.6) is 11.5 Å². The Kier molecular flexibility index (Phi) is 4.44. The Bertz CT molecular complexity index is 646. The molecular weight excluding hydrogens is 279 g/mol. The molecule has 0 spiro atoms. The van der Waals surface area contributed by atoms with Gasteiger partial charge in [0.25, 0.3) is 0 Å². The number of rotatable bonds is 5. The molecular formula is C14H13FN2O4. The SMILES string of the molecule is CC[C@H](O)c1ccc(Oc2ccc([N+](=O)[O-])c(F)c2)cn1. The molecule has 0 saturated carbocycles. The standard InChI is InChI=1S/C14H13FN2O4/c1-2-14(18)12-5-3-10(8-16-12)21-9-4-6-13(17(19)20)11(15)7-9/h3-8,14,18H,2H2,1H3/t14-/m0/s1. The maximum Gasteiger partial charge on any atom is 0.305 e. The summed E-state index contributed by atoms with van der Waals surface area (Å²) in [6, 6.07) is 6.46. The highest BCUT2D eigenvalue weighted by atomic mass is 19.1. The van der Waals surface area contributed by atoms with E-state index < -0.39 is 22.5 Å². The molecule has 0 aliphatic carbocycles. The number of pyridine rings is 1. The zero-order valence-electron chi connectivity index (χ0n) is 11.2. The number of hydrogen-bond donors (Lipinski definition) is 1. The van der Waals surface area contributed by atoms with E-state index in [2.05, 4.69) is 4.98 Å². The van der Waals surface area contributed by atoms with Crippen molar-refractivity contribution in [3.05, 3.63) is 58.2 Å². The van der Waals surface area contributed by atoms with Crippen LogP contribution in [0, 0.1) is 15.9 Å². The second-order valence-corrected chi connectivity index (χ2v) is 4.32. The lowest BCUT2D eigenvalue weighted by Crippen LogP contribution is -1.98. The molecule has 1 heterocycles. The fourth-order valence-corrected chi connectivity index (χ4v) is 1.69. The Morgan fingerprint density at radius 1 is 1.38 bits per heavy atom. The van der Waals surface area contributed by atoms with E-state index in [1.807, 2.05) is 6.92 Å². The van der Waals surface area contributed by atoms with Gasteiger partial charge in [-0.1, -0.05) is 6.92 Å².